The quantitative estimate of drug-likeness (QED) is 0.884. The van der Waals surface area contributed by atoms with Crippen molar-refractivity contribution in [1.82, 2.24) is 4.98 Å². The van der Waals surface area contributed by atoms with E-state index in [4.69, 9.17) is 11.6 Å². The van der Waals surface area contributed by atoms with Crippen LogP contribution in [0, 0.1) is 6.92 Å². The largest absolute Gasteiger partial charge is 0.385 e. The van der Waals surface area contributed by atoms with Gasteiger partial charge < -0.3 is 5.32 Å². The van der Waals surface area contributed by atoms with Crippen LogP contribution in [0.15, 0.2) is 18.2 Å². The highest BCUT2D eigenvalue weighted by Gasteiger charge is 2.14. The van der Waals surface area contributed by atoms with Crippen LogP contribution in [0.2, 0.25) is 5.02 Å². The van der Waals surface area contributed by atoms with Gasteiger partial charge in [0.05, 0.1) is 5.52 Å². The third-order valence-electron chi connectivity index (χ3n) is 2.70. The molecule has 1 aromatic carbocycles. The van der Waals surface area contributed by atoms with Gasteiger partial charge in [0.2, 0.25) is 0 Å². The fraction of sp³-hybridized carbons (Fsp3) is 0.308. The van der Waals surface area contributed by atoms with E-state index in [9.17, 15) is 8.78 Å². The average molecular weight is 271 g/mol. The molecule has 5 heteroatoms. The molecule has 96 valence electrons. The smallest absolute Gasteiger partial charge is 0.280 e. The maximum Gasteiger partial charge on any atom is 0.280 e. The van der Waals surface area contributed by atoms with Gasteiger partial charge in [0.1, 0.15) is 5.69 Å². The lowest BCUT2D eigenvalue weighted by molar-refractivity contribution is 0.146. The highest BCUT2D eigenvalue weighted by Crippen LogP contribution is 2.31. The summed E-state index contributed by atoms with van der Waals surface area (Å²) in [4.78, 5) is 3.95. The van der Waals surface area contributed by atoms with E-state index in [0.29, 0.717) is 22.8 Å². The number of fused-ring (bicyclic) bond motifs is 1. The zero-order chi connectivity index (χ0) is 13.3. The summed E-state index contributed by atoms with van der Waals surface area (Å²) in [5.41, 5.74) is 1.81. The van der Waals surface area contributed by atoms with Gasteiger partial charge in [-0.05, 0) is 37.6 Å². The maximum atomic E-state index is 12.8. The normalized spacial score (nSPS) is 11.2. The fourth-order valence-corrected chi connectivity index (χ4v) is 1.98. The van der Waals surface area contributed by atoms with E-state index in [1.807, 2.05) is 19.9 Å². The number of hydrogen-bond donors (Lipinski definition) is 1. The van der Waals surface area contributed by atoms with E-state index in [0.717, 1.165) is 10.9 Å². The Hall–Kier alpha value is -1.42. The van der Waals surface area contributed by atoms with Crippen molar-refractivity contribution in [3.05, 3.63) is 34.5 Å². The molecule has 0 saturated carbocycles. The summed E-state index contributed by atoms with van der Waals surface area (Å²) in [6, 6.07) is 4.88. The monoisotopic (exact) mass is 270 g/mol. The molecule has 1 aromatic heterocycles. The molecule has 0 radical (unpaired) electrons. The van der Waals surface area contributed by atoms with Crippen LogP contribution in [-0.2, 0) is 0 Å². The summed E-state index contributed by atoms with van der Waals surface area (Å²) in [7, 11) is 0. The number of nitrogens with one attached hydrogen (secondary N) is 1. The summed E-state index contributed by atoms with van der Waals surface area (Å²) in [5, 5.41) is 4.42. The minimum Gasteiger partial charge on any atom is -0.385 e. The Morgan fingerprint density at radius 2 is 2.06 bits per heavy atom. The predicted molar refractivity (Wildman–Crippen MR) is 70.6 cm³/mol. The first-order valence-electron chi connectivity index (χ1n) is 5.65. The molecule has 0 atom stereocenters. The molecule has 0 saturated heterocycles. The molecular formula is C13H13ClF2N2. The molecule has 2 aromatic rings. The third-order valence-corrected chi connectivity index (χ3v) is 3.11. The Balaban J connectivity index is 2.72. The number of hydrogen-bond acceptors (Lipinski definition) is 2. The number of anilines is 1. The first kappa shape index (κ1) is 13.0. The average Bonchev–Trinajstić information content (AvgIpc) is 2.31. The minimum absolute atomic E-state index is 0.238. The number of nitrogens with zero attached hydrogens (tertiary/aromatic N) is 1. The van der Waals surface area contributed by atoms with Gasteiger partial charge in [-0.15, -0.1) is 0 Å². The van der Waals surface area contributed by atoms with Crippen LogP contribution in [0.5, 0.6) is 0 Å². The molecule has 18 heavy (non-hydrogen) atoms. The summed E-state index contributed by atoms with van der Waals surface area (Å²) < 4.78 is 25.5. The van der Waals surface area contributed by atoms with E-state index in [2.05, 4.69) is 10.3 Å². The Bertz CT molecular complexity index is 585. The van der Waals surface area contributed by atoms with Crippen molar-refractivity contribution in [3.8, 4) is 0 Å². The zero-order valence-corrected chi connectivity index (χ0v) is 10.9. The molecule has 1 heterocycles. The second kappa shape index (κ2) is 5.06. The Morgan fingerprint density at radius 3 is 2.67 bits per heavy atom. The fourth-order valence-electron chi connectivity index (χ4n) is 1.82. The molecule has 0 fully saturated rings. The van der Waals surface area contributed by atoms with Gasteiger partial charge in [-0.2, -0.15) is 0 Å². The molecule has 0 amide bonds. The van der Waals surface area contributed by atoms with Gasteiger partial charge in [0, 0.05) is 22.6 Å². The van der Waals surface area contributed by atoms with Crippen molar-refractivity contribution in [2.75, 3.05) is 11.9 Å². The minimum atomic E-state index is -2.59. The molecule has 0 bridgehead atoms. The second-order valence-corrected chi connectivity index (χ2v) is 4.45. The Morgan fingerprint density at radius 1 is 1.33 bits per heavy atom. The highest BCUT2D eigenvalue weighted by molar-refractivity contribution is 6.32. The van der Waals surface area contributed by atoms with Crippen molar-refractivity contribution >= 4 is 28.2 Å². The van der Waals surface area contributed by atoms with Crippen LogP contribution >= 0.6 is 11.6 Å². The van der Waals surface area contributed by atoms with Crippen molar-refractivity contribution in [2.45, 2.75) is 20.3 Å². The number of aryl methyl sites for hydroxylation is 1. The van der Waals surface area contributed by atoms with Gasteiger partial charge in [-0.25, -0.2) is 13.8 Å². The van der Waals surface area contributed by atoms with Gasteiger partial charge in [-0.3, -0.25) is 0 Å². The maximum absolute atomic E-state index is 12.8. The van der Waals surface area contributed by atoms with Gasteiger partial charge in [0.25, 0.3) is 6.43 Å². The number of aromatic nitrogens is 1. The van der Waals surface area contributed by atoms with Gasteiger partial charge in [-0.1, -0.05) is 11.6 Å². The number of alkyl halides is 2. The van der Waals surface area contributed by atoms with Crippen LogP contribution in [0.3, 0.4) is 0 Å². The molecule has 0 aliphatic heterocycles. The molecule has 1 N–H and O–H groups in total. The number of halogens is 3. The summed E-state index contributed by atoms with van der Waals surface area (Å²) in [6.45, 7) is 4.44. The summed E-state index contributed by atoms with van der Waals surface area (Å²) in [5.74, 6) is 0. The standard InChI is InChI=1S/C13H13ClF2N2/c1-3-17-10-6-12(13(15)16)18-11-5-9(14)7(2)4-8(10)11/h4-6,13H,3H2,1-2H3,(H,17,18). The first-order valence-corrected chi connectivity index (χ1v) is 6.03. The van der Waals surface area contributed by atoms with Crippen LogP contribution < -0.4 is 5.32 Å². The van der Waals surface area contributed by atoms with Crippen LogP contribution in [0.1, 0.15) is 24.6 Å². The molecule has 0 unspecified atom stereocenters. The molecule has 0 aliphatic rings. The SMILES string of the molecule is CCNc1cc(C(F)F)nc2cc(Cl)c(C)cc12. The van der Waals surface area contributed by atoms with Gasteiger partial charge >= 0.3 is 0 Å². The number of benzene rings is 1. The lowest BCUT2D eigenvalue weighted by Gasteiger charge is -2.11. The van der Waals surface area contributed by atoms with E-state index >= 15 is 0 Å². The van der Waals surface area contributed by atoms with Crippen LogP contribution in [0.4, 0.5) is 14.5 Å². The molecule has 0 aliphatic carbocycles. The first-order chi connectivity index (χ1) is 8.52. The van der Waals surface area contributed by atoms with Gasteiger partial charge in [0.15, 0.2) is 0 Å². The van der Waals surface area contributed by atoms with Crippen molar-refractivity contribution < 1.29 is 8.78 Å². The molecule has 2 rings (SSSR count). The Labute approximate surface area is 109 Å². The van der Waals surface area contributed by atoms with Crippen molar-refractivity contribution in [1.29, 1.82) is 0 Å². The highest BCUT2D eigenvalue weighted by atomic mass is 35.5. The predicted octanol–water partition coefficient (Wildman–Crippen LogP) is 4.57. The topological polar surface area (TPSA) is 24.9 Å². The van der Waals surface area contributed by atoms with E-state index in [1.54, 1.807) is 6.07 Å². The third kappa shape index (κ3) is 2.38. The van der Waals surface area contributed by atoms with Crippen LogP contribution in [-0.4, -0.2) is 11.5 Å². The van der Waals surface area contributed by atoms with E-state index < -0.39 is 6.43 Å². The summed E-state index contributed by atoms with van der Waals surface area (Å²) >= 11 is 6.00. The molecule has 2 nitrogen and oxygen atoms in total. The molecule has 0 spiro atoms. The number of pyridine rings is 1. The zero-order valence-electron chi connectivity index (χ0n) is 10.1. The van der Waals surface area contributed by atoms with E-state index in [-0.39, 0.29) is 5.69 Å². The summed E-state index contributed by atoms with van der Waals surface area (Å²) in [6.07, 6.45) is -2.59. The second-order valence-electron chi connectivity index (χ2n) is 4.04. The van der Waals surface area contributed by atoms with Crippen LogP contribution in [0.25, 0.3) is 10.9 Å². The lowest BCUT2D eigenvalue weighted by Crippen LogP contribution is -2.01. The molecular weight excluding hydrogens is 258 g/mol. The van der Waals surface area contributed by atoms with Crippen molar-refractivity contribution in [3.63, 3.8) is 0 Å². The lowest BCUT2D eigenvalue weighted by atomic mass is 10.1. The Kier molecular flexibility index (Phi) is 3.66. The number of rotatable bonds is 3. The van der Waals surface area contributed by atoms with E-state index in [1.165, 1.54) is 6.07 Å². The van der Waals surface area contributed by atoms with Crippen molar-refractivity contribution in [2.24, 2.45) is 0 Å².